The fourth-order valence-corrected chi connectivity index (χ4v) is 1.53. The van der Waals surface area contributed by atoms with Crippen LogP contribution in [0.4, 0.5) is 5.82 Å². The standard InChI is InChI=1S/C10H15ClN4O2/c1-2-15(5-6-16)10(17)9-7(11)3-4-8(13-9)14-12/h3-4,16H,2,5-6,12H2,1H3,(H,13,14). The number of pyridine rings is 1. The Morgan fingerprint density at radius 1 is 1.65 bits per heavy atom. The molecule has 94 valence electrons. The lowest BCUT2D eigenvalue weighted by Crippen LogP contribution is -2.34. The molecule has 0 aliphatic carbocycles. The van der Waals surface area contributed by atoms with Gasteiger partial charge < -0.3 is 15.4 Å². The molecule has 7 heteroatoms. The number of halogens is 1. The molecule has 0 aliphatic rings. The van der Waals surface area contributed by atoms with E-state index < -0.39 is 0 Å². The van der Waals surface area contributed by atoms with Crippen molar-refractivity contribution in [3.63, 3.8) is 0 Å². The normalized spacial score (nSPS) is 10.1. The molecule has 0 bridgehead atoms. The molecule has 0 unspecified atom stereocenters. The minimum atomic E-state index is -0.330. The minimum Gasteiger partial charge on any atom is -0.395 e. The average molecular weight is 259 g/mol. The first-order valence-corrected chi connectivity index (χ1v) is 5.55. The summed E-state index contributed by atoms with van der Waals surface area (Å²) in [5.41, 5.74) is 2.47. The van der Waals surface area contributed by atoms with Crippen LogP contribution in [0.25, 0.3) is 0 Å². The zero-order chi connectivity index (χ0) is 12.8. The molecule has 17 heavy (non-hydrogen) atoms. The van der Waals surface area contributed by atoms with Gasteiger partial charge in [0.2, 0.25) is 0 Å². The lowest BCUT2D eigenvalue weighted by molar-refractivity contribution is 0.0726. The fraction of sp³-hybridized carbons (Fsp3) is 0.400. The third kappa shape index (κ3) is 3.29. The number of aliphatic hydroxyl groups excluding tert-OH is 1. The number of carbonyl (C=O) groups excluding carboxylic acids is 1. The fourth-order valence-electron chi connectivity index (χ4n) is 1.35. The monoisotopic (exact) mass is 258 g/mol. The highest BCUT2D eigenvalue weighted by Crippen LogP contribution is 2.17. The second-order valence-corrected chi connectivity index (χ2v) is 3.69. The number of nitrogens with one attached hydrogen (secondary N) is 1. The molecule has 0 aliphatic heterocycles. The molecule has 1 rings (SSSR count). The Balaban J connectivity index is 3.01. The van der Waals surface area contributed by atoms with E-state index in [0.29, 0.717) is 12.4 Å². The van der Waals surface area contributed by atoms with Gasteiger partial charge in [-0.3, -0.25) is 4.79 Å². The molecule has 1 heterocycles. The van der Waals surface area contributed by atoms with E-state index >= 15 is 0 Å². The number of nitrogen functional groups attached to an aromatic ring is 1. The van der Waals surface area contributed by atoms with Crippen molar-refractivity contribution in [3.8, 4) is 0 Å². The number of nitrogens with two attached hydrogens (primary N) is 1. The molecule has 0 aromatic carbocycles. The lowest BCUT2D eigenvalue weighted by Gasteiger charge is -2.19. The van der Waals surface area contributed by atoms with Crippen LogP contribution >= 0.6 is 11.6 Å². The number of carbonyl (C=O) groups is 1. The van der Waals surface area contributed by atoms with Gasteiger partial charge in [0, 0.05) is 13.1 Å². The number of hydrogen-bond donors (Lipinski definition) is 3. The summed E-state index contributed by atoms with van der Waals surface area (Å²) in [6.45, 7) is 2.42. The molecule has 0 atom stereocenters. The van der Waals surface area contributed by atoms with Gasteiger partial charge in [0.05, 0.1) is 11.6 Å². The van der Waals surface area contributed by atoms with Crippen LogP contribution < -0.4 is 11.3 Å². The molecular formula is C10H15ClN4O2. The molecular weight excluding hydrogens is 244 g/mol. The Kier molecular flexibility index (Phi) is 5.14. The maximum atomic E-state index is 12.1. The van der Waals surface area contributed by atoms with Crippen LogP contribution in [0.2, 0.25) is 5.02 Å². The Morgan fingerprint density at radius 3 is 2.88 bits per heavy atom. The molecule has 1 aromatic heterocycles. The number of aromatic nitrogens is 1. The van der Waals surface area contributed by atoms with Gasteiger partial charge in [-0.05, 0) is 19.1 Å². The van der Waals surface area contributed by atoms with Crippen molar-refractivity contribution in [1.29, 1.82) is 0 Å². The Morgan fingerprint density at radius 2 is 2.35 bits per heavy atom. The van der Waals surface area contributed by atoms with Crippen LogP contribution in [0.15, 0.2) is 12.1 Å². The number of hydrogen-bond acceptors (Lipinski definition) is 5. The third-order valence-electron chi connectivity index (χ3n) is 2.24. The topological polar surface area (TPSA) is 91.5 Å². The Bertz CT molecular complexity index is 400. The Hall–Kier alpha value is -1.37. The number of rotatable bonds is 5. The molecule has 0 fully saturated rings. The molecule has 1 amide bonds. The number of nitrogens with zero attached hydrogens (tertiary/aromatic N) is 2. The first-order valence-electron chi connectivity index (χ1n) is 5.17. The maximum Gasteiger partial charge on any atom is 0.274 e. The molecule has 0 saturated carbocycles. The highest BCUT2D eigenvalue weighted by molar-refractivity contribution is 6.33. The number of hydrazine groups is 1. The molecule has 0 radical (unpaired) electrons. The van der Waals surface area contributed by atoms with Crippen molar-refractivity contribution in [2.24, 2.45) is 5.84 Å². The summed E-state index contributed by atoms with van der Waals surface area (Å²) in [6.07, 6.45) is 0. The second-order valence-electron chi connectivity index (χ2n) is 3.28. The minimum absolute atomic E-state index is 0.105. The molecule has 0 spiro atoms. The highest BCUT2D eigenvalue weighted by atomic mass is 35.5. The van der Waals surface area contributed by atoms with E-state index in [0.717, 1.165) is 0 Å². The SMILES string of the molecule is CCN(CCO)C(=O)c1nc(NN)ccc1Cl. The van der Waals surface area contributed by atoms with Crippen LogP contribution in [0.3, 0.4) is 0 Å². The van der Waals surface area contributed by atoms with Gasteiger partial charge >= 0.3 is 0 Å². The molecule has 1 aromatic rings. The zero-order valence-electron chi connectivity index (χ0n) is 9.48. The van der Waals surface area contributed by atoms with Gasteiger partial charge in [-0.1, -0.05) is 11.6 Å². The van der Waals surface area contributed by atoms with E-state index in [9.17, 15) is 4.79 Å². The van der Waals surface area contributed by atoms with E-state index in [-0.39, 0.29) is 29.8 Å². The first-order chi connectivity index (χ1) is 8.13. The van der Waals surface area contributed by atoms with Crippen molar-refractivity contribution in [2.75, 3.05) is 25.1 Å². The van der Waals surface area contributed by atoms with Crippen molar-refractivity contribution in [2.45, 2.75) is 6.92 Å². The maximum absolute atomic E-state index is 12.1. The first kappa shape index (κ1) is 13.7. The summed E-state index contributed by atoms with van der Waals surface area (Å²) in [5.74, 6) is 5.24. The highest BCUT2D eigenvalue weighted by Gasteiger charge is 2.18. The van der Waals surface area contributed by atoms with Gasteiger partial charge in [0.25, 0.3) is 5.91 Å². The van der Waals surface area contributed by atoms with Crippen LogP contribution in [0.5, 0.6) is 0 Å². The average Bonchev–Trinajstić information content (AvgIpc) is 2.35. The van der Waals surface area contributed by atoms with Crippen molar-refractivity contribution in [1.82, 2.24) is 9.88 Å². The molecule has 4 N–H and O–H groups in total. The van der Waals surface area contributed by atoms with Gasteiger partial charge in [-0.2, -0.15) is 0 Å². The van der Waals surface area contributed by atoms with Crippen LogP contribution in [-0.4, -0.2) is 40.6 Å². The number of likely N-dealkylation sites (N-methyl/N-ethyl adjacent to an activating group) is 1. The van der Waals surface area contributed by atoms with Crippen LogP contribution in [-0.2, 0) is 0 Å². The number of amides is 1. The smallest absolute Gasteiger partial charge is 0.274 e. The van der Waals surface area contributed by atoms with Crippen LogP contribution in [0, 0.1) is 0 Å². The summed E-state index contributed by atoms with van der Waals surface area (Å²) in [5, 5.41) is 9.11. The van der Waals surface area contributed by atoms with E-state index in [4.69, 9.17) is 22.6 Å². The summed E-state index contributed by atoms with van der Waals surface area (Å²) in [4.78, 5) is 17.5. The zero-order valence-corrected chi connectivity index (χ0v) is 10.2. The van der Waals surface area contributed by atoms with Crippen LogP contribution in [0.1, 0.15) is 17.4 Å². The van der Waals surface area contributed by atoms with Gasteiger partial charge in [0.15, 0.2) is 0 Å². The number of anilines is 1. The van der Waals surface area contributed by atoms with E-state index in [2.05, 4.69) is 10.4 Å². The van der Waals surface area contributed by atoms with Crippen molar-refractivity contribution >= 4 is 23.3 Å². The summed E-state index contributed by atoms with van der Waals surface area (Å²) in [7, 11) is 0. The van der Waals surface area contributed by atoms with Gasteiger partial charge in [-0.15, -0.1) is 0 Å². The predicted molar refractivity (Wildman–Crippen MR) is 65.7 cm³/mol. The predicted octanol–water partition coefficient (Wildman–Crippen LogP) is 0.475. The molecule has 0 saturated heterocycles. The summed E-state index contributed by atoms with van der Waals surface area (Å²) in [6, 6.07) is 3.12. The summed E-state index contributed by atoms with van der Waals surface area (Å²) < 4.78 is 0. The van der Waals surface area contributed by atoms with E-state index in [1.54, 1.807) is 12.1 Å². The van der Waals surface area contributed by atoms with Gasteiger partial charge in [0.1, 0.15) is 11.5 Å². The van der Waals surface area contributed by atoms with Crippen molar-refractivity contribution in [3.05, 3.63) is 22.8 Å². The quantitative estimate of drug-likeness (QED) is 0.528. The van der Waals surface area contributed by atoms with Crippen molar-refractivity contribution < 1.29 is 9.90 Å². The Labute approximate surface area is 104 Å². The van der Waals surface area contributed by atoms with E-state index in [1.807, 2.05) is 6.92 Å². The lowest BCUT2D eigenvalue weighted by atomic mass is 10.3. The van der Waals surface area contributed by atoms with Gasteiger partial charge in [-0.25, -0.2) is 10.8 Å². The molecule has 6 nitrogen and oxygen atoms in total. The van der Waals surface area contributed by atoms with E-state index in [1.165, 1.54) is 4.90 Å². The number of aliphatic hydroxyl groups is 1. The second kappa shape index (κ2) is 6.39. The largest absolute Gasteiger partial charge is 0.395 e. The third-order valence-corrected chi connectivity index (χ3v) is 2.54. The summed E-state index contributed by atoms with van der Waals surface area (Å²) >= 11 is 5.91.